The second-order valence-electron chi connectivity index (χ2n) is 8.77. The number of anilines is 1. The van der Waals surface area contributed by atoms with E-state index in [1.54, 1.807) is 18.2 Å². The van der Waals surface area contributed by atoms with E-state index in [4.69, 9.17) is 23.2 Å². The van der Waals surface area contributed by atoms with Crippen LogP contribution in [0, 0.1) is 5.82 Å². The van der Waals surface area contributed by atoms with Gasteiger partial charge in [0.15, 0.2) is 0 Å². The molecule has 0 aliphatic heterocycles. The van der Waals surface area contributed by atoms with E-state index in [9.17, 15) is 22.4 Å². The Morgan fingerprint density at radius 1 is 1.06 bits per heavy atom. The number of carbonyl (C=O) groups is 2. The molecule has 2 aromatic carbocycles. The highest BCUT2D eigenvalue weighted by Gasteiger charge is 2.29. The van der Waals surface area contributed by atoms with Gasteiger partial charge in [-0.15, -0.1) is 0 Å². The van der Waals surface area contributed by atoms with Gasteiger partial charge in [-0.2, -0.15) is 0 Å². The fourth-order valence-corrected chi connectivity index (χ4v) is 5.03. The van der Waals surface area contributed by atoms with Gasteiger partial charge >= 0.3 is 0 Å². The number of hydrogen-bond donors (Lipinski definition) is 1. The molecule has 11 heteroatoms. The fourth-order valence-electron chi connectivity index (χ4n) is 3.75. The number of nitrogens with one attached hydrogen (secondary N) is 1. The van der Waals surface area contributed by atoms with Crippen LogP contribution in [0.15, 0.2) is 42.5 Å². The molecule has 0 saturated carbocycles. The summed E-state index contributed by atoms with van der Waals surface area (Å²) in [5.74, 6) is -1.06. The van der Waals surface area contributed by atoms with Crippen molar-refractivity contribution in [2.24, 2.45) is 0 Å². The van der Waals surface area contributed by atoms with Crippen molar-refractivity contribution in [1.29, 1.82) is 0 Å². The number of rotatable bonds is 12. The van der Waals surface area contributed by atoms with Gasteiger partial charge in [0.1, 0.15) is 11.9 Å². The molecule has 0 heterocycles. The first-order valence-corrected chi connectivity index (χ1v) is 14.2. The van der Waals surface area contributed by atoms with Gasteiger partial charge in [-0.3, -0.25) is 13.9 Å². The van der Waals surface area contributed by atoms with E-state index in [1.807, 2.05) is 20.8 Å². The van der Waals surface area contributed by atoms with Gasteiger partial charge in [0.25, 0.3) is 0 Å². The predicted molar refractivity (Wildman–Crippen MR) is 142 cm³/mol. The minimum Gasteiger partial charge on any atom is -0.352 e. The summed E-state index contributed by atoms with van der Waals surface area (Å²) in [4.78, 5) is 27.8. The molecule has 0 saturated heterocycles. The molecular weight excluding hydrogens is 528 g/mol. The van der Waals surface area contributed by atoms with E-state index < -0.39 is 21.9 Å². The Balaban J connectivity index is 2.23. The maximum absolute atomic E-state index is 13.4. The van der Waals surface area contributed by atoms with Gasteiger partial charge in [-0.05, 0) is 68.7 Å². The summed E-state index contributed by atoms with van der Waals surface area (Å²) in [6.45, 7) is 5.65. The van der Waals surface area contributed by atoms with Crippen molar-refractivity contribution in [3.05, 3.63) is 63.9 Å². The molecule has 0 bridgehead atoms. The number of hydrogen-bond acceptors (Lipinski definition) is 4. The Kier molecular flexibility index (Phi) is 11.0. The molecule has 0 unspecified atom stereocenters. The molecule has 2 aromatic rings. The zero-order valence-corrected chi connectivity index (χ0v) is 23.1. The summed E-state index contributed by atoms with van der Waals surface area (Å²) in [5, 5.41) is 3.57. The van der Waals surface area contributed by atoms with Crippen LogP contribution >= 0.6 is 23.2 Å². The Hall–Kier alpha value is -2.36. The van der Waals surface area contributed by atoms with Crippen LogP contribution in [0.3, 0.4) is 0 Å². The van der Waals surface area contributed by atoms with Gasteiger partial charge in [0.05, 0.1) is 22.0 Å². The van der Waals surface area contributed by atoms with Crippen molar-refractivity contribution in [3.8, 4) is 0 Å². The number of sulfonamides is 1. The Morgan fingerprint density at radius 3 is 2.22 bits per heavy atom. The number of amides is 2. The molecule has 1 N–H and O–H groups in total. The molecule has 2 rings (SSSR count). The van der Waals surface area contributed by atoms with Gasteiger partial charge < -0.3 is 10.2 Å². The average molecular weight is 561 g/mol. The fraction of sp³-hybridized carbons (Fsp3) is 0.440. The van der Waals surface area contributed by atoms with Crippen LogP contribution in [0.2, 0.25) is 10.0 Å². The van der Waals surface area contributed by atoms with Crippen LogP contribution in [0.1, 0.15) is 45.6 Å². The highest BCUT2D eigenvalue weighted by atomic mass is 35.5. The minimum absolute atomic E-state index is 0.00000482. The molecule has 2 amide bonds. The summed E-state index contributed by atoms with van der Waals surface area (Å²) in [5.41, 5.74) is 1.01. The topological polar surface area (TPSA) is 86.8 Å². The van der Waals surface area contributed by atoms with Crippen molar-refractivity contribution < 1.29 is 22.4 Å². The number of benzene rings is 2. The van der Waals surface area contributed by atoms with Gasteiger partial charge in [-0.25, -0.2) is 12.8 Å². The number of carbonyl (C=O) groups excluding carboxylic acids is 2. The zero-order valence-electron chi connectivity index (χ0n) is 20.8. The highest BCUT2D eigenvalue weighted by molar-refractivity contribution is 7.92. The summed E-state index contributed by atoms with van der Waals surface area (Å²) >= 11 is 12.2. The largest absolute Gasteiger partial charge is 0.352 e. The molecule has 36 heavy (non-hydrogen) atoms. The molecule has 0 spiro atoms. The maximum atomic E-state index is 13.4. The third-order valence-corrected chi connectivity index (χ3v) is 7.35. The molecule has 0 aromatic heterocycles. The lowest BCUT2D eigenvalue weighted by Gasteiger charge is -2.31. The average Bonchev–Trinajstić information content (AvgIpc) is 2.78. The molecule has 198 valence electrons. The van der Waals surface area contributed by atoms with Crippen LogP contribution in [-0.4, -0.2) is 50.0 Å². The monoisotopic (exact) mass is 559 g/mol. The molecule has 0 aliphatic carbocycles. The van der Waals surface area contributed by atoms with E-state index in [1.165, 1.54) is 29.2 Å². The third kappa shape index (κ3) is 8.64. The predicted octanol–water partition coefficient (Wildman–Crippen LogP) is 5.01. The normalized spacial score (nSPS) is 12.3. The Bertz CT molecular complexity index is 1160. The number of halogens is 3. The van der Waals surface area contributed by atoms with Gasteiger partial charge in [0, 0.05) is 25.6 Å². The molecule has 0 aliphatic rings. The molecular formula is C25H32Cl2FN3O4S. The van der Waals surface area contributed by atoms with E-state index in [-0.39, 0.29) is 43.8 Å². The minimum atomic E-state index is -3.66. The lowest BCUT2D eigenvalue weighted by atomic mass is 10.1. The summed E-state index contributed by atoms with van der Waals surface area (Å²) < 4.78 is 39.1. The third-order valence-electron chi connectivity index (χ3n) is 5.42. The first-order valence-electron chi connectivity index (χ1n) is 11.6. The first-order chi connectivity index (χ1) is 16.8. The molecule has 7 nitrogen and oxygen atoms in total. The first kappa shape index (κ1) is 29.9. The van der Waals surface area contributed by atoms with Crippen LogP contribution in [0.4, 0.5) is 10.1 Å². The lowest BCUT2D eigenvalue weighted by Crippen LogP contribution is -2.50. The van der Waals surface area contributed by atoms with Gasteiger partial charge in [-0.1, -0.05) is 36.2 Å². The number of nitrogens with zero attached hydrogens (tertiary/aromatic N) is 2. The molecule has 0 radical (unpaired) electrons. The quantitative estimate of drug-likeness (QED) is 0.396. The summed E-state index contributed by atoms with van der Waals surface area (Å²) in [6.07, 6.45) is 1.64. The summed E-state index contributed by atoms with van der Waals surface area (Å²) in [6, 6.07) is 9.29. The van der Waals surface area contributed by atoms with Crippen LogP contribution < -0.4 is 9.62 Å². The maximum Gasteiger partial charge on any atom is 0.243 e. The second-order valence-corrected chi connectivity index (χ2v) is 11.5. The molecule has 0 fully saturated rings. The van der Waals surface area contributed by atoms with E-state index in [0.29, 0.717) is 27.7 Å². The zero-order chi connectivity index (χ0) is 27.0. The lowest BCUT2D eigenvalue weighted by molar-refractivity contribution is -0.141. The Morgan fingerprint density at radius 2 is 1.69 bits per heavy atom. The SMILES string of the molecule is CC[C@@H](C(=O)NC(C)C)N(Cc1ccc(Cl)c(Cl)c1)C(=O)CCCN(c1ccc(F)cc1)S(C)(=O)=O. The van der Waals surface area contributed by atoms with Crippen molar-refractivity contribution in [2.75, 3.05) is 17.1 Å². The smallest absolute Gasteiger partial charge is 0.243 e. The van der Waals surface area contributed by atoms with Crippen LogP contribution in [0.5, 0.6) is 0 Å². The second kappa shape index (κ2) is 13.3. The van der Waals surface area contributed by atoms with Crippen molar-refractivity contribution in [2.45, 2.75) is 58.7 Å². The van der Waals surface area contributed by atoms with Crippen molar-refractivity contribution in [3.63, 3.8) is 0 Å². The molecule has 1 atom stereocenters. The van der Waals surface area contributed by atoms with Gasteiger partial charge in [0.2, 0.25) is 21.8 Å². The van der Waals surface area contributed by atoms with Crippen LogP contribution in [-0.2, 0) is 26.2 Å². The highest BCUT2D eigenvalue weighted by Crippen LogP contribution is 2.25. The van der Waals surface area contributed by atoms with Crippen molar-refractivity contribution >= 4 is 50.7 Å². The Labute approximate surface area is 222 Å². The standard InChI is InChI=1S/C25H32Cl2FN3O4S/c1-5-23(25(33)29-17(2)3)30(16-18-8-13-21(26)22(27)15-18)24(32)7-6-14-31(36(4,34)35)20-11-9-19(28)10-12-20/h8-13,15,17,23H,5-7,14,16H2,1-4H3,(H,29,33)/t23-/m0/s1. The van der Waals surface area contributed by atoms with Crippen LogP contribution in [0.25, 0.3) is 0 Å². The van der Waals surface area contributed by atoms with E-state index >= 15 is 0 Å². The van der Waals surface area contributed by atoms with Crippen molar-refractivity contribution in [1.82, 2.24) is 10.2 Å². The summed E-state index contributed by atoms with van der Waals surface area (Å²) in [7, 11) is -3.66. The van der Waals surface area contributed by atoms with E-state index in [0.717, 1.165) is 10.6 Å². The van der Waals surface area contributed by atoms with E-state index in [2.05, 4.69) is 5.32 Å².